The summed E-state index contributed by atoms with van der Waals surface area (Å²) < 4.78 is 4.45. The molecule has 1 heterocycles. The number of rotatable bonds is 2. The lowest BCUT2D eigenvalue weighted by Gasteiger charge is -1.97. The standard InChI is InChI=1S/C10H6ClNO4/c11-6-3-1-5(2-4-6)7-8(9(13)14)12-16-10(7)15/h1-4,12H,(H,13,14). The molecule has 5 nitrogen and oxygen atoms in total. The van der Waals surface area contributed by atoms with Crippen LogP contribution in [0.2, 0.25) is 5.02 Å². The zero-order valence-electron chi connectivity index (χ0n) is 7.86. The number of carboxylic acid groups (broad SMARTS) is 1. The van der Waals surface area contributed by atoms with E-state index in [0.29, 0.717) is 10.6 Å². The van der Waals surface area contributed by atoms with Crippen LogP contribution in [0.4, 0.5) is 0 Å². The summed E-state index contributed by atoms with van der Waals surface area (Å²) in [4.78, 5) is 22.2. The number of hydrogen-bond donors (Lipinski definition) is 2. The molecule has 0 saturated carbocycles. The van der Waals surface area contributed by atoms with E-state index >= 15 is 0 Å². The van der Waals surface area contributed by atoms with Gasteiger partial charge in [-0.3, -0.25) is 0 Å². The number of nitrogens with one attached hydrogen (secondary N) is 1. The van der Waals surface area contributed by atoms with Crippen molar-refractivity contribution in [1.82, 2.24) is 5.16 Å². The van der Waals surface area contributed by atoms with Crippen LogP contribution in [-0.2, 0) is 0 Å². The third-order valence-electron chi connectivity index (χ3n) is 2.05. The molecule has 6 heteroatoms. The average molecular weight is 240 g/mol. The van der Waals surface area contributed by atoms with Crippen molar-refractivity contribution in [3.63, 3.8) is 0 Å². The molecule has 0 radical (unpaired) electrons. The lowest BCUT2D eigenvalue weighted by atomic mass is 10.1. The number of carboxylic acids is 1. The van der Waals surface area contributed by atoms with Crippen LogP contribution in [0.1, 0.15) is 10.5 Å². The van der Waals surface area contributed by atoms with Crippen LogP contribution in [0.25, 0.3) is 11.1 Å². The molecule has 16 heavy (non-hydrogen) atoms. The van der Waals surface area contributed by atoms with E-state index in [2.05, 4.69) is 9.68 Å². The molecule has 2 rings (SSSR count). The molecule has 0 saturated heterocycles. The Kier molecular flexibility index (Phi) is 2.54. The Bertz CT molecular complexity index is 582. The molecule has 0 atom stereocenters. The average Bonchev–Trinajstić information content (AvgIpc) is 2.62. The van der Waals surface area contributed by atoms with E-state index in [1.54, 1.807) is 24.3 Å². The Balaban J connectivity index is 2.63. The van der Waals surface area contributed by atoms with Gasteiger partial charge in [-0.05, 0) is 17.7 Å². The fraction of sp³-hybridized carbons (Fsp3) is 0. The zero-order chi connectivity index (χ0) is 11.7. The highest BCUT2D eigenvalue weighted by Gasteiger charge is 2.19. The molecule has 0 fully saturated rings. The molecule has 0 aliphatic carbocycles. The van der Waals surface area contributed by atoms with Gasteiger partial charge < -0.3 is 9.63 Å². The molecule has 1 aromatic heterocycles. The second-order valence-corrected chi connectivity index (χ2v) is 3.49. The number of benzene rings is 1. The minimum atomic E-state index is -1.25. The van der Waals surface area contributed by atoms with Crippen molar-refractivity contribution >= 4 is 17.6 Å². The van der Waals surface area contributed by atoms with Crippen molar-refractivity contribution < 1.29 is 14.4 Å². The summed E-state index contributed by atoms with van der Waals surface area (Å²) in [6.07, 6.45) is 0. The monoisotopic (exact) mass is 239 g/mol. The maximum atomic E-state index is 11.3. The first-order valence-electron chi connectivity index (χ1n) is 4.30. The first kappa shape index (κ1) is 10.5. The second kappa shape index (κ2) is 3.86. The SMILES string of the molecule is O=C(O)c1[nH]oc(=O)c1-c1ccc(Cl)cc1. The summed E-state index contributed by atoms with van der Waals surface area (Å²) in [7, 11) is 0. The maximum Gasteiger partial charge on any atom is 0.365 e. The van der Waals surface area contributed by atoms with Crippen molar-refractivity contribution in [2.45, 2.75) is 0 Å². The lowest BCUT2D eigenvalue weighted by molar-refractivity contribution is 0.0686. The van der Waals surface area contributed by atoms with E-state index in [0.717, 1.165) is 0 Å². The van der Waals surface area contributed by atoms with Crippen LogP contribution in [0.15, 0.2) is 33.6 Å². The maximum absolute atomic E-state index is 11.3. The Morgan fingerprint density at radius 1 is 1.31 bits per heavy atom. The summed E-state index contributed by atoms with van der Waals surface area (Å²) in [6.45, 7) is 0. The van der Waals surface area contributed by atoms with Crippen molar-refractivity contribution in [3.8, 4) is 11.1 Å². The third-order valence-corrected chi connectivity index (χ3v) is 2.30. The number of H-pyrrole nitrogens is 1. The summed E-state index contributed by atoms with van der Waals surface area (Å²) >= 11 is 5.69. The Labute approximate surface area is 94.2 Å². The smallest absolute Gasteiger partial charge is 0.365 e. The normalized spacial score (nSPS) is 10.3. The van der Waals surface area contributed by atoms with E-state index in [9.17, 15) is 9.59 Å². The highest BCUT2D eigenvalue weighted by atomic mass is 35.5. The van der Waals surface area contributed by atoms with Gasteiger partial charge in [0.1, 0.15) is 5.56 Å². The largest absolute Gasteiger partial charge is 0.476 e. The van der Waals surface area contributed by atoms with Gasteiger partial charge in [0.05, 0.1) is 0 Å². The summed E-state index contributed by atoms with van der Waals surface area (Å²) in [5.74, 6) is -1.25. The molecule has 0 aliphatic rings. The molecular weight excluding hydrogens is 234 g/mol. The Hall–Kier alpha value is -2.01. The van der Waals surface area contributed by atoms with Crippen LogP contribution >= 0.6 is 11.6 Å². The first-order chi connectivity index (χ1) is 7.59. The van der Waals surface area contributed by atoms with Gasteiger partial charge in [0.25, 0.3) is 0 Å². The summed E-state index contributed by atoms with van der Waals surface area (Å²) in [5.41, 5.74) is -0.562. The van der Waals surface area contributed by atoms with Gasteiger partial charge in [0, 0.05) is 5.02 Å². The molecule has 0 unspecified atom stereocenters. The topological polar surface area (TPSA) is 83.3 Å². The molecular formula is C10H6ClNO4. The molecule has 1 aromatic carbocycles. The number of carbonyl (C=O) groups is 1. The Morgan fingerprint density at radius 3 is 2.50 bits per heavy atom. The summed E-state index contributed by atoms with van der Waals surface area (Å²) in [5, 5.41) is 11.4. The van der Waals surface area contributed by atoms with Crippen LogP contribution in [0.3, 0.4) is 0 Å². The number of aromatic nitrogens is 1. The van der Waals surface area contributed by atoms with Crippen molar-refractivity contribution in [2.24, 2.45) is 0 Å². The minimum Gasteiger partial charge on any atom is -0.476 e. The van der Waals surface area contributed by atoms with Crippen molar-refractivity contribution in [1.29, 1.82) is 0 Å². The van der Waals surface area contributed by atoms with Crippen LogP contribution < -0.4 is 5.63 Å². The molecule has 0 spiro atoms. The number of hydrogen-bond acceptors (Lipinski definition) is 3. The van der Waals surface area contributed by atoms with E-state index in [1.807, 2.05) is 0 Å². The van der Waals surface area contributed by atoms with Gasteiger partial charge in [-0.2, -0.15) is 0 Å². The van der Waals surface area contributed by atoms with Gasteiger partial charge in [-0.25, -0.2) is 14.7 Å². The molecule has 82 valence electrons. The predicted octanol–water partition coefficient (Wildman–Crippen LogP) is 1.99. The molecule has 0 amide bonds. The van der Waals surface area contributed by atoms with Crippen molar-refractivity contribution in [3.05, 3.63) is 45.4 Å². The van der Waals surface area contributed by atoms with E-state index in [-0.39, 0.29) is 11.3 Å². The summed E-state index contributed by atoms with van der Waals surface area (Å²) in [6, 6.07) is 6.23. The number of aromatic carboxylic acids is 1. The third kappa shape index (κ3) is 1.72. The molecule has 0 bridgehead atoms. The fourth-order valence-corrected chi connectivity index (χ4v) is 1.46. The Morgan fingerprint density at radius 2 is 1.94 bits per heavy atom. The van der Waals surface area contributed by atoms with Crippen molar-refractivity contribution in [2.75, 3.05) is 0 Å². The van der Waals surface area contributed by atoms with Gasteiger partial charge in [0.2, 0.25) is 0 Å². The lowest BCUT2D eigenvalue weighted by Crippen LogP contribution is -2.03. The van der Waals surface area contributed by atoms with Crippen LogP contribution in [0.5, 0.6) is 0 Å². The molecule has 0 aliphatic heterocycles. The zero-order valence-corrected chi connectivity index (χ0v) is 8.62. The molecule has 2 aromatic rings. The van der Waals surface area contributed by atoms with Gasteiger partial charge in [-0.15, -0.1) is 0 Å². The van der Waals surface area contributed by atoms with E-state index in [1.165, 1.54) is 0 Å². The minimum absolute atomic E-state index is 0.0100. The number of aromatic amines is 1. The number of halogens is 1. The second-order valence-electron chi connectivity index (χ2n) is 3.05. The molecule has 2 N–H and O–H groups in total. The fourth-order valence-electron chi connectivity index (χ4n) is 1.33. The van der Waals surface area contributed by atoms with E-state index in [4.69, 9.17) is 16.7 Å². The first-order valence-corrected chi connectivity index (χ1v) is 4.68. The highest BCUT2D eigenvalue weighted by molar-refractivity contribution is 6.30. The highest BCUT2D eigenvalue weighted by Crippen LogP contribution is 2.21. The van der Waals surface area contributed by atoms with E-state index < -0.39 is 11.6 Å². The quantitative estimate of drug-likeness (QED) is 0.839. The van der Waals surface area contributed by atoms with Gasteiger partial charge in [0.15, 0.2) is 5.69 Å². The van der Waals surface area contributed by atoms with Crippen LogP contribution in [-0.4, -0.2) is 16.2 Å². The van der Waals surface area contributed by atoms with Crippen LogP contribution in [0, 0.1) is 0 Å². The predicted molar refractivity (Wildman–Crippen MR) is 56.7 cm³/mol. The van der Waals surface area contributed by atoms with Gasteiger partial charge >= 0.3 is 11.6 Å². The van der Waals surface area contributed by atoms with Gasteiger partial charge in [-0.1, -0.05) is 23.7 Å².